The number of aromatic nitrogens is 1. The molecule has 0 radical (unpaired) electrons. The minimum atomic E-state index is -0.774. The molecule has 96 valence electrons. The minimum Gasteiger partial charge on any atom is -0.481 e. The van der Waals surface area contributed by atoms with Crippen LogP contribution in [0, 0.1) is 12.8 Å². The van der Waals surface area contributed by atoms with E-state index in [4.69, 9.17) is 5.11 Å². The Morgan fingerprint density at radius 2 is 2.17 bits per heavy atom. The van der Waals surface area contributed by atoms with E-state index in [1.54, 1.807) is 12.1 Å². The van der Waals surface area contributed by atoms with Gasteiger partial charge < -0.3 is 10.4 Å². The second-order valence-corrected chi connectivity index (χ2v) is 4.71. The third-order valence-corrected chi connectivity index (χ3v) is 3.29. The number of hydrogen-bond acceptors (Lipinski definition) is 3. The van der Waals surface area contributed by atoms with Crippen molar-refractivity contribution in [1.82, 2.24) is 10.3 Å². The van der Waals surface area contributed by atoms with Crippen LogP contribution in [0.2, 0.25) is 0 Å². The van der Waals surface area contributed by atoms with Gasteiger partial charge >= 0.3 is 5.97 Å². The van der Waals surface area contributed by atoms with E-state index < -0.39 is 5.97 Å². The molecule has 1 saturated carbocycles. The van der Waals surface area contributed by atoms with E-state index in [9.17, 15) is 9.59 Å². The van der Waals surface area contributed by atoms with Crippen LogP contribution in [0.15, 0.2) is 18.3 Å². The largest absolute Gasteiger partial charge is 0.481 e. The predicted octanol–water partition coefficient (Wildman–Crippen LogP) is 1.37. The number of pyridine rings is 1. The van der Waals surface area contributed by atoms with Crippen LogP contribution < -0.4 is 5.32 Å². The van der Waals surface area contributed by atoms with Gasteiger partial charge in [-0.05, 0) is 38.3 Å². The summed E-state index contributed by atoms with van der Waals surface area (Å²) >= 11 is 0. The summed E-state index contributed by atoms with van der Waals surface area (Å²) in [4.78, 5) is 26.8. The van der Waals surface area contributed by atoms with E-state index in [-0.39, 0.29) is 17.9 Å². The van der Waals surface area contributed by atoms with Crippen LogP contribution >= 0.6 is 0 Å². The molecule has 1 heterocycles. The van der Waals surface area contributed by atoms with Crippen LogP contribution in [0.4, 0.5) is 0 Å². The number of nitrogens with zero attached hydrogens (tertiary/aromatic N) is 1. The molecule has 0 saturated heterocycles. The average molecular weight is 248 g/mol. The fourth-order valence-corrected chi connectivity index (χ4v) is 2.21. The molecule has 0 aromatic carbocycles. The molecule has 1 amide bonds. The molecule has 0 spiro atoms. The summed E-state index contributed by atoms with van der Waals surface area (Å²) in [6, 6.07) is 3.46. The Bertz CT molecular complexity index is 456. The Balaban J connectivity index is 1.92. The second kappa shape index (κ2) is 5.16. The van der Waals surface area contributed by atoms with Crippen molar-refractivity contribution in [3.05, 3.63) is 29.6 Å². The number of carbonyl (C=O) groups excluding carboxylic acids is 1. The quantitative estimate of drug-likeness (QED) is 0.846. The maximum atomic E-state index is 11.9. The van der Waals surface area contributed by atoms with E-state index in [1.165, 1.54) is 6.20 Å². The van der Waals surface area contributed by atoms with Gasteiger partial charge in [0.05, 0.1) is 11.5 Å². The van der Waals surface area contributed by atoms with E-state index in [0.29, 0.717) is 18.4 Å². The molecule has 2 unspecified atom stereocenters. The normalized spacial score (nSPS) is 22.7. The van der Waals surface area contributed by atoms with Gasteiger partial charge in [0.15, 0.2) is 0 Å². The maximum absolute atomic E-state index is 11.9. The van der Waals surface area contributed by atoms with Crippen LogP contribution in [0.5, 0.6) is 0 Å². The summed E-state index contributed by atoms with van der Waals surface area (Å²) < 4.78 is 0. The van der Waals surface area contributed by atoms with Gasteiger partial charge in [-0.15, -0.1) is 0 Å². The summed E-state index contributed by atoms with van der Waals surface area (Å²) in [5, 5.41) is 11.7. The van der Waals surface area contributed by atoms with Crippen molar-refractivity contribution in [2.24, 2.45) is 5.92 Å². The molecule has 2 rings (SSSR count). The number of carboxylic acids is 1. The van der Waals surface area contributed by atoms with Crippen molar-refractivity contribution in [2.45, 2.75) is 32.2 Å². The standard InChI is InChI=1S/C13H16N2O3/c1-8-2-3-10(7-14-8)12(16)15-11-5-4-9(6-11)13(17)18/h2-3,7,9,11H,4-6H2,1H3,(H,15,16)(H,17,18). The first-order valence-electron chi connectivity index (χ1n) is 6.02. The number of carbonyl (C=O) groups is 2. The smallest absolute Gasteiger partial charge is 0.306 e. The number of nitrogens with one attached hydrogen (secondary N) is 1. The van der Waals surface area contributed by atoms with Crippen molar-refractivity contribution in [3.8, 4) is 0 Å². The second-order valence-electron chi connectivity index (χ2n) is 4.71. The zero-order valence-corrected chi connectivity index (χ0v) is 10.2. The topological polar surface area (TPSA) is 79.3 Å². The molecular formula is C13H16N2O3. The van der Waals surface area contributed by atoms with Gasteiger partial charge in [0, 0.05) is 17.9 Å². The molecule has 1 aliphatic carbocycles. The van der Waals surface area contributed by atoms with Crippen LogP contribution in [0.3, 0.4) is 0 Å². The number of aliphatic carboxylic acids is 1. The summed E-state index contributed by atoms with van der Waals surface area (Å²) in [7, 11) is 0. The highest BCUT2D eigenvalue weighted by molar-refractivity contribution is 5.94. The van der Waals surface area contributed by atoms with Crippen molar-refractivity contribution >= 4 is 11.9 Å². The van der Waals surface area contributed by atoms with Crippen molar-refractivity contribution in [1.29, 1.82) is 0 Å². The van der Waals surface area contributed by atoms with E-state index in [1.807, 2.05) is 6.92 Å². The van der Waals surface area contributed by atoms with Gasteiger partial charge in [-0.2, -0.15) is 0 Å². The highest BCUT2D eigenvalue weighted by Gasteiger charge is 2.30. The summed E-state index contributed by atoms with van der Waals surface area (Å²) in [5.74, 6) is -1.28. The maximum Gasteiger partial charge on any atom is 0.306 e. The van der Waals surface area contributed by atoms with E-state index >= 15 is 0 Å². The average Bonchev–Trinajstić information content (AvgIpc) is 2.78. The number of carboxylic acid groups (broad SMARTS) is 1. The SMILES string of the molecule is Cc1ccc(C(=O)NC2CCC(C(=O)O)C2)cn1. The molecule has 1 fully saturated rings. The highest BCUT2D eigenvalue weighted by Crippen LogP contribution is 2.25. The first kappa shape index (κ1) is 12.5. The summed E-state index contributed by atoms with van der Waals surface area (Å²) in [5.41, 5.74) is 1.37. The predicted molar refractivity (Wildman–Crippen MR) is 65.2 cm³/mol. The molecule has 2 atom stereocenters. The molecule has 1 aromatic rings. The minimum absolute atomic E-state index is 0.0418. The number of amides is 1. The lowest BCUT2D eigenvalue weighted by Gasteiger charge is -2.12. The van der Waals surface area contributed by atoms with E-state index in [2.05, 4.69) is 10.3 Å². The molecule has 5 heteroatoms. The first-order chi connectivity index (χ1) is 8.56. The van der Waals surface area contributed by atoms with Crippen LogP contribution in [-0.4, -0.2) is 28.0 Å². The van der Waals surface area contributed by atoms with E-state index in [0.717, 1.165) is 12.1 Å². The lowest BCUT2D eigenvalue weighted by Crippen LogP contribution is -2.33. The van der Waals surface area contributed by atoms with Gasteiger partial charge in [-0.25, -0.2) is 0 Å². The highest BCUT2D eigenvalue weighted by atomic mass is 16.4. The molecule has 18 heavy (non-hydrogen) atoms. The van der Waals surface area contributed by atoms with Gasteiger partial charge in [-0.3, -0.25) is 14.6 Å². The fraction of sp³-hybridized carbons (Fsp3) is 0.462. The van der Waals surface area contributed by atoms with Gasteiger partial charge in [-0.1, -0.05) is 0 Å². The van der Waals surface area contributed by atoms with Gasteiger partial charge in [0.1, 0.15) is 0 Å². The fourth-order valence-electron chi connectivity index (χ4n) is 2.21. The molecule has 1 aromatic heterocycles. The van der Waals surface area contributed by atoms with Crippen molar-refractivity contribution in [3.63, 3.8) is 0 Å². The Hall–Kier alpha value is -1.91. The van der Waals surface area contributed by atoms with Crippen molar-refractivity contribution < 1.29 is 14.7 Å². The lowest BCUT2D eigenvalue weighted by molar-refractivity contribution is -0.141. The lowest BCUT2D eigenvalue weighted by atomic mass is 10.1. The zero-order valence-electron chi connectivity index (χ0n) is 10.2. The van der Waals surface area contributed by atoms with Crippen LogP contribution in [0.25, 0.3) is 0 Å². The van der Waals surface area contributed by atoms with Crippen LogP contribution in [-0.2, 0) is 4.79 Å². The third kappa shape index (κ3) is 2.85. The van der Waals surface area contributed by atoms with Gasteiger partial charge in [0.2, 0.25) is 0 Å². The molecular weight excluding hydrogens is 232 g/mol. The molecule has 2 N–H and O–H groups in total. The van der Waals surface area contributed by atoms with Crippen LogP contribution in [0.1, 0.15) is 35.3 Å². The summed E-state index contributed by atoms with van der Waals surface area (Å²) in [6.45, 7) is 1.86. The van der Waals surface area contributed by atoms with Crippen molar-refractivity contribution in [2.75, 3.05) is 0 Å². The number of rotatable bonds is 3. The Labute approximate surface area is 105 Å². The molecule has 0 aliphatic heterocycles. The molecule has 5 nitrogen and oxygen atoms in total. The van der Waals surface area contributed by atoms with Gasteiger partial charge in [0.25, 0.3) is 5.91 Å². The summed E-state index contributed by atoms with van der Waals surface area (Å²) in [6.07, 6.45) is 3.41. The monoisotopic (exact) mass is 248 g/mol. The molecule has 0 bridgehead atoms. The molecule has 1 aliphatic rings. The number of aryl methyl sites for hydroxylation is 1. The first-order valence-corrected chi connectivity index (χ1v) is 6.02. The third-order valence-electron chi connectivity index (χ3n) is 3.29. The number of hydrogen-bond donors (Lipinski definition) is 2. The Morgan fingerprint density at radius 3 is 2.72 bits per heavy atom. The zero-order chi connectivity index (χ0) is 13.1. The Morgan fingerprint density at radius 1 is 1.39 bits per heavy atom. The Kier molecular flexibility index (Phi) is 3.60.